The minimum Gasteiger partial charge on any atom is -0.306 e. The van der Waals surface area contributed by atoms with E-state index in [0.29, 0.717) is 13.2 Å². The topological polar surface area (TPSA) is 35.5 Å². The summed E-state index contributed by atoms with van der Waals surface area (Å²) >= 11 is 0. The van der Waals surface area contributed by atoms with Gasteiger partial charge in [0.15, 0.2) is 0 Å². The lowest BCUT2D eigenvalue weighted by Crippen LogP contribution is -1.94. The molecule has 0 aliphatic heterocycles. The van der Waals surface area contributed by atoms with Gasteiger partial charge >= 0.3 is 7.60 Å². The molecule has 0 atom stereocenters. The second-order valence-corrected chi connectivity index (χ2v) is 5.47. The number of allylic oxidation sites excluding steroid dienone is 1. The van der Waals surface area contributed by atoms with Gasteiger partial charge in [-0.2, -0.15) is 0 Å². The van der Waals surface area contributed by atoms with Crippen LogP contribution >= 0.6 is 7.60 Å². The molecular formula is C12H25O3P. The third-order valence-electron chi connectivity index (χ3n) is 2.26. The van der Waals surface area contributed by atoms with Gasteiger partial charge in [0, 0.05) is 5.82 Å². The maximum atomic E-state index is 12.2. The molecule has 0 saturated heterocycles. The number of rotatable bonds is 9. The van der Waals surface area contributed by atoms with E-state index in [1.807, 2.05) is 13.8 Å². The smallest absolute Gasteiger partial charge is 0.306 e. The first-order chi connectivity index (χ1) is 7.61. The van der Waals surface area contributed by atoms with Gasteiger partial charge in [-0.25, -0.2) is 0 Å². The quantitative estimate of drug-likeness (QED) is 0.553. The van der Waals surface area contributed by atoms with E-state index in [1.165, 1.54) is 5.57 Å². The second-order valence-electron chi connectivity index (χ2n) is 3.62. The van der Waals surface area contributed by atoms with E-state index < -0.39 is 7.60 Å². The molecule has 96 valence electrons. The largest absolute Gasteiger partial charge is 0.354 e. The Labute approximate surface area is 99.8 Å². The maximum Gasteiger partial charge on any atom is 0.354 e. The Morgan fingerprint density at radius 3 is 2.06 bits per heavy atom. The molecule has 0 aromatic carbocycles. The molecule has 4 heteroatoms. The molecule has 0 N–H and O–H groups in total. The van der Waals surface area contributed by atoms with Gasteiger partial charge in [0.05, 0.1) is 13.2 Å². The molecule has 0 heterocycles. The Bertz CT molecular complexity index is 239. The van der Waals surface area contributed by atoms with Crippen molar-refractivity contribution in [2.75, 3.05) is 13.2 Å². The third kappa shape index (κ3) is 6.47. The van der Waals surface area contributed by atoms with Crippen molar-refractivity contribution in [1.82, 2.24) is 0 Å². The normalized spacial score (nSPS) is 13.1. The van der Waals surface area contributed by atoms with Crippen molar-refractivity contribution in [2.24, 2.45) is 0 Å². The van der Waals surface area contributed by atoms with Crippen molar-refractivity contribution in [3.8, 4) is 0 Å². The van der Waals surface area contributed by atoms with Crippen LogP contribution in [0.4, 0.5) is 0 Å². The molecule has 0 aliphatic rings. The van der Waals surface area contributed by atoms with Crippen LogP contribution in [-0.2, 0) is 13.6 Å². The van der Waals surface area contributed by atoms with Crippen LogP contribution in [0.2, 0.25) is 0 Å². The average Bonchev–Trinajstić information content (AvgIpc) is 2.25. The molecule has 0 aromatic rings. The summed E-state index contributed by atoms with van der Waals surface area (Å²) in [6.07, 6.45) is 4.16. The summed E-state index contributed by atoms with van der Waals surface area (Å²) in [4.78, 5) is 0. The van der Waals surface area contributed by atoms with Crippen LogP contribution in [0.3, 0.4) is 0 Å². The zero-order valence-corrected chi connectivity index (χ0v) is 11.9. The van der Waals surface area contributed by atoms with Crippen LogP contribution in [0.25, 0.3) is 0 Å². The highest BCUT2D eigenvalue weighted by molar-refractivity contribution is 7.57. The molecule has 0 saturated carbocycles. The molecule has 0 fully saturated rings. The Morgan fingerprint density at radius 1 is 1.12 bits per heavy atom. The second kappa shape index (κ2) is 8.98. The Balaban J connectivity index is 4.63. The van der Waals surface area contributed by atoms with Crippen LogP contribution in [0.5, 0.6) is 0 Å². The minimum absolute atomic E-state index is 0.415. The van der Waals surface area contributed by atoms with Gasteiger partial charge in [0.25, 0.3) is 0 Å². The molecule has 3 nitrogen and oxygen atoms in total. The van der Waals surface area contributed by atoms with Gasteiger partial charge in [-0.15, -0.1) is 0 Å². The standard InChI is InChI=1S/C12H25O3P/c1-5-9-10-12(6-2)11-16(13,14-7-3)15-8-4/h11H,5-10H2,1-4H3/b12-11+. The summed E-state index contributed by atoms with van der Waals surface area (Å²) < 4.78 is 22.7. The van der Waals surface area contributed by atoms with Gasteiger partial charge in [-0.1, -0.05) is 25.8 Å². The molecule has 0 aromatic heterocycles. The maximum absolute atomic E-state index is 12.2. The van der Waals surface area contributed by atoms with Crippen LogP contribution in [0, 0.1) is 0 Å². The van der Waals surface area contributed by atoms with E-state index in [-0.39, 0.29) is 0 Å². The summed E-state index contributed by atoms with van der Waals surface area (Å²) in [6.45, 7) is 8.72. The summed E-state index contributed by atoms with van der Waals surface area (Å²) in [5.41, 5.74) is 1.17. The third-order valence-corrected chi connectivity index (χ3v) is 4.18. The van der Waals surface area contributed by atoms with E-state index in [2.05, 4.69) is 13.8 Å². The predicted molar refractivity (Wildman–Crippen MR) is 68.8 cm³/mol. The van der Waals surface area contributed by atoms with Crippen molar-refractivity contribution in [1.29, 1.82) is 0 Å². The first kappa shape index (κ1) is 15.9. The number of hydrogen-bond acceptors (Lipinski definition) is 3. The molecule has 0 amide bonds. The lowest BCUT2D eigenvalue weighted by molar-refractivity contribution is 0.228. The molecule has 0 rings (SSSR count). The lowest BCUT2D eigenvalue weighted by Gasteiger charge is -2.15. The van der Waals surface area contributed by atoms with E-state index in [4.69, 9.17) is 9.05 Å². The fourth-order valence-corrected chi connectivity index (χ4v) is 3.13. The highest BCUT2D eigenvalue weighted by Crippen LogP contribution is 2.51. The first-order valence-corrected chi connectivity index (χ1v) is 7.82. The fourth-order valence-electron chi connectivity index (χ4n) is 1.43. The summed E-state index contributed by atoms with van der Waals surface area (Å²) in [6, 6.07) is 0. The van der Waals surface area contributed by atoms with E-state index >= 15 is 0 Å². The number of unbranched alkanes of at least 4 members (excludes halogenated alkanes) is 1. The van der Waals surface area contributed by atoms with E-state index in [0.717, 1.165) is 25.7 Å². The first-order valence-electron chi connectivity index (χ1n) is 6.21. The van der Waals surface area contributed by atoms with Crippen molar-refractivity contribution in [3.63, 3.8) is 0 Å². The Hall–Kier alpha value is -0.110. The highest BCUT2D eigenvalue weighted by Gasteiger charge is 2.20. The summed E-state index contributed by atoms with van der Waals surface area (Å²) in [7, 11) is -2.99. The molecule has 0 bridgehead atoms. The van der Waals surface area contributed by atoms with Crippen LogP contribution < -0.4 is 0 Å². The van der Waals surface area contributed by atoms with Gasteiger partial charge < -0.3 is 9.05 Å². The number of hydrogen-bond donors (Lipinski definition) is 0. The summed E-state index contributed by atoms with van der Waals surface area (Å²) in [5, 5.41) is 0. The van der Waals surface area contributed by atoms with Crippen LogP contribution in [0.15, 0.2) is 11.4 Å². The van der Waals surface area contributed by atoms with Crippen molar-refractivity contribution < 1.29 is 13.6 Å². The van der Waals surface area contributed by atoms with E-state index in [1.54, 1.807) is 5.82 Å². The van der Waals surface area contributed by atoms with Crippen molar-refractivity contribution in [2.45, 2.75) is 53.4 Å². The SMILES string of the molecule is CCCC/C(=C/P(=O)(OCC)OCC)CC. The highest BCUT2D eigenvalue weighted by atomic mass is 31.2. The fraction of sp³-hybridized carbons (Fsp3) is 0.833. The molecule has 0 spiro atoms. The van der Waals surface area contributed by atoms with Crippen LogP contribution in [-0.4, -0.2) is 13.2 Å². The molecule has 0 radical (unpaired) electrons. The van der Waals surface area contributed by atoms with Crippen molar-refractivity contribution >= 4 is 7.60 Å². The molecule has 16 heavy (non-hydrogen) atoms. The van der Waals surface area contributed by atoms with Gasteiger partial charge in [-0.3, -0.25) is 4.57 Å². The zero-order chi connectivity index (χ0) is 12.4. The predicted octanol–water partition coefficient (Wildman–Crippen LogP) is 4.74. The van der Waals surface area contributed by atoms with Gasteiger partial charge in [-0.05, 0) is 33.1 Å². The van der Waals surface area contributed by atoms with E-state index in [9.17, 15) is 4.57 Å². The summed E-state index contributed by atoms with van der Waals surface area (Å²) in [5.74, 6) is 1.72. The minimum atomic E-state index is -2.99. The Kier molecular flexibility index (Phi) is 8.91. The molecule has 0 aliphatic carbocycles. The zero-order valence-electron chi connectivity index (χ0n) is 11.0. The van der Waals surface area contributed by atoms with Crippen LogP contribution in [0.1, 0.15) is 53.4 Å². The molecule has 0 unspecified atom stereocenters. The average molecular weight is 248 g/mol. The molecular weight excluding hydrogens is 223 g/mol. The van der Waals surface area contributed by atoms with Crippen molar-refractivity contribution in [3.05, 3.63) is 11.4 Å². The monoisotopic (exact) mass is 248 g/mol. The van der Waals surface area contributed by atoms with Gasteiger partial charge in [0.2, 0.25) is 0 Å². The lowest BCUT2D eigenvalue weighted by atomic mass is 10.1. The Morgan fingerprint density at radius 2 is 1.69 bits per heavy atom. The van der Waals surface area contributed by atoms with Gasteiger partial charge in [0.1, 0.15) is 0 Å².